The molecule has 0 aromatic heterocycles. The van der Waals surface area contributed by atoms with Crippen molar-refractivity contribution in [2.45, 2.75) is 26.7 Å². The van der Waals surface area contributed by atoms with Gasteiger partial charge in [0.15, 0.2) is 5.02 Å². The molecule has 0 heterocycles. The van der Waals surface area contributed by atoms with Crippen molar-refractivity contribution in [2.75, 3.05) is 0 Å². The molecule has 17 heavy (non-hydrogen) atoms. The summed E-state index contributed by atoms with van der Waals surface area (Å²) in [7, 11) is 0. The highest BCUT2D eigenvalue weighted by molar-refractivity contribution is 6.35. The fourth-order valence-corrected chi connectivity index (χ4v) is 2.11. The Kier molecular flexibility index (Phi) is 3.67. The number of hydrogen-bond acceptors (Lipinski definition) is 4. The van der Waals surface area contributed by atoms with Gasteiger partial charge in [-0.25, -0.2) is 0 Å². The minimum absolute atomic E-state index is 0.131. The fourth-order valence-electron chi connectivity index (χ4n) is 1.81. The Bertz CT molecular complexity index is 500. The van der Waals surface area contributed by atoms with Gasteiger partial charge in [0.1, 0.15) is 0 Å². The predicted octanol–water partition coefficient (Wildman–Crippen LogP) is 3.59. The van der Waals surface area contributed by atoms with Gasteiger partial charge >= 0.3 is 0 Å². The van der Waals surface area contributed by atoms with Crippen LogP contribution in [0.4, 0.5) is 11.4 Å². The molecule has 1 aromatic rings. The van der Waals surface area contributed by atoms with Crippen LogP contribution >= 0.6 is 11.6 Å². The summed E-state index contributed by atoms with van der Waals surface area (Å²) in [5, 5.41) is 21.3. The minimum Gasteiger partial charge on any atom is -0.258 e. The summed E-state index contributed by atoms with van der Waals surface area (Å²) in [6, 6.07) is 1.27. The second kappa shape index (κ2) is 4.67. The van der Waals surface area contributed by atoms with Crippen molar-refractivity contribution < 1.29 is 9.85 Å². The summed E-state index contributed by atoms with van der Waals surface area (Å²) in [6.45, 7) is 5.15. The summed E-state index contributed by atoms with van der Waals surface area (Å²) < 4.78 is 0. The summed E-state index contributed by atoms with van der Waals surface area (Å²) >= 11 is 5.74. The molecule has 1 rings (SSSR count). The number of aryl methyl sites for hydroxylation is 1. The number of rotatable bonds is 3. The van der Waals surface area contributed by atoms with E-state index in [-0.39, 0.29) is 11.6 Å². The van der Waals surface area contributed by atoms with E-state index in [2.05, 4.69) is 0 Å². The van der Waals surface area contributed by atoms with Crippen molar-refractivity contribution in [3.05, 3.63) is 42.4 Å². The molecule has 1 aromatic carbocycles. The molecule has 0 saturated heterocycles. The van der Waals surface area contributed by atoms with Crippen LogP contribution in [0, 0.1) is 27.2 Å². The topological polar surface area (TPSA) is 86.3 Å². The molecule has 0 N–H and O–H groups in total. The van der Waals surface area contributed by atoms with Crippen molar-refractivity contribution in [1.29, 1.82) is 0 Å². The highest BCUT2D eigenvalue weighted by Gasteiger charge is 2.30. The molecule has 0 atom stereocenters. The lowest BCUT2D eigenvalue weighted by molar-refractivity contribution is -0.394. The summed E-state index contributed by atoms with van der Waals surface area (Å²) in [6.07, 6.45) is 0. The van der Waals surface area contributed by atoms with Crippen LogP contribution in [0.1, 0.15) is 30.9 Å². The molecule has 0 saturated carbocycles. The first-order valence-corrected chi connectivity index (χ1v) is 5.27. The van der Waals surface area contributed by atoms with E-state index in [1.165, 1.54) is 6.07 Å². The first-order valence-electron chi connectivity index (χ1n) is 4.89. The maximum absolute atomic E-state index is 11.0. The lowest BCUT2D eigenvalue weighted by Gasteiger charge is -2.11. The molecule has 92 valence electrons. The van der Waals surface area contributed by atoms with Gasteiger partial charge in [0, 0.05) is 11.6 Å². The minimum atomic E-state index is -0.716. The third-order valence-electron chi connectivity index (χ3n) is 2.42. The van der Waals surface area contributed by atoms with Gasteiger partial charge < -0.3 is 0 Å². The van der Waals surface area contributed by atoms with Gasteiger partial charge in [-0.15, -0.1) is 0 Å². The second-order valence-electron chi connectivity index (χ2n) is 3.96. The summed E-state index contributed by atoms with van der Waals surface area (Å²) in [4.78, 5) is 20.3. The lowest BCUT2D eigenvalue weighted by atomic mass is 9.95. The maximum Gasteiger partial charge on any atom is 0.298 e. The van der Waals surface area contributed by atoms with Crippen molar-refractivity contribution in [1.82, 2.24) is 0 Å². The molecule has 0 aliphatic rings. The van der Waals surface area contributed by atoms with Gasteiger partial charge in [0.05, 0.1) is 9.85 Å². The quantitative estimate of drug-likeness (QED) is 0.612. The molecule has 0 fully saturated rings. The molecular weight excluding hydrogens is 248 g/mol. The van der Waals surface area contributed by atoms with Crippen LogP contribution in [0.5, 0.6) is 0 Å². The molecule has 0 bridgehead atoms. The van der Waals surface area contributed by atoms with E-state index in [0.29, 0.717) is 11.1 Å². The highest BCUT2D eigenvalue weighted by Crippen LogP contribution is 2.41. The number of nitro benzene ring substituents is 2. The van der Waals surface area contributed by atoms with E-state index in [9.17, 15) is 20.2 Å². The Morgan fingerprint density at radius 2 is 1.76 bits per heavy atom. The van der Waals surface area contributed by atoms with Gasteiger partial charge in [-0.3, -0.25) is 20.2 Å². The molecule has 0 spiro atoms. The van der Waals surface area contributed by atoms with Crippen LogP contribution in [-0.4, -0.2) is 9.85 Å². The molecule has 0 radical (unpaired) electrons. The SMILES string of the molecule is Cc1cc([N+](=O)[O-])c(Cl)c([N+](=O)[O-])c1C(C)C. The van der Waals surface area contributed by atoms with E-state index in [1.807, 2.05) is 0 Å². The van der Waals surface area contributed by atoms with Crippen LogP contribution in [0.3, 0.4) is 0 Å². The van der Waals surface area contributed by atoms with Gasteiger partial charge in [0.25, 0.3) is 11.4 Å². The number of nitro groups is 2. The normalized spacial score (nSPS) is 10.6. The van der Waals surface area contributed by atoms with E-state index in [4.69, 9.17) is 11.6 Å². The Hall–Kier alpha value is -1.69. The fraction of sp³-hybridized carbons (Fsp3) is 0.400. The Morgan fingerprint density at radius 1 is 1.24 bits per heavy atom. The molecule has 7 heteroatoms. The second-order valence-corrected chi connectivity index (χ2v) is 4.34. The lowest BCUT2D eigenvalue weighted by Crippen LogP contribution is -2.03. The average Bonchev–Trinajstić information content (AvgIpc) is 2.18. The standard InChI is InChI=1S/C10H11ClN2O4/c1-5(2)8-6(3)4-7(12(14)15)9(11)10(8)13(16)17/h4-5H,1-3H3. The zero-order valence-corrected chi connectivity index (χ0v) is 10.3. The van der Waals surface area contributed by atoms with Crippen LogP contribution < -0.4 is 0 Å². The Morgan fingerprint density at radius 3 is 2.12 bits per heavy atom. The highest BCUT2D eigenvalue weighted by atomic mass is 35.5. The maximum atomic E-state index is 11.0. The van der Waals surface area contributed by atoms with Crippen molar-refractivity contribution in [3.63, 3.8) is 0 Å². The zero-order chi connectivity index (χ0) is 13.3. The number of halogens is 1. The van der Waals surface area contributed by atoms with Crippen LogP contribution in [-0.2, 0) is 0 Å². The van der Waals surface area contributed by atoms with Crippen LogP contribution in [0.2, 0.25) is 5.02 Å². The van der Waals surface area contributed by atoms with Gasteiger partial charge in [-0.1, -0.05) is 25.4 Å². The van der Waals surface area contributed by atoms with Gasteiger partial charge in [0.2, 0.25) is 0 Å². The van der Waals surface area contributed by atoms with Crippen LogP contribution in [0.25, 0.3) is 0 Å². The first-order chi connectivity index (χ1) is 7.77. The average molecular weight is 259 g/mol. The van der Waals surface area contributed by atoms with Crippen LogP contribution in [0.15, 0.2) is 6.07 Å². The van der Waals surface area contributed by atoms with Gasteiger partial charge in [-0.2, -0.15) is 0 Å². The number of benzene rings is 1. The third-order valence-corrected chi connectivity index (χ3v) is 2.80. The smallest absolute Gasteiger partial charge is 0.258 e. The molecule has 6 nitrogen and oxygen atoms in total. The van der Waals surface area contributed by atoms with Crippen molar-refractivity contribution in [2.24, 2.45) is 0 Å². The Balaban J connectivity index is 3.71. The van der Waals surface area contributed by atoms with Crippen molar-refractivity contribution >= 4 is 23.0 Å². The molecule has 0 unspecified atom stereocenters. The molecular formula is C10H11ClN2O4. The van der Waals surface area contributed by atoms with Gasteiger partial charge in [-0.05, 0) is 18.4 Å². The predicted molar refractivity (Wildman–Crippen MR) is 63.6 cm³/mol. The van der Waals surface area contributed by atoms with E-state index in [1.54, 1.807) is 20.8 Å². The number of nitrogens with zero attached hydrogens (tertiary/aromatic N) is 2. The molecule has 0 aliphatic heterocycles. The van der Waals surface area contributed by atoms with E-state index < -0.39 is 20.6 Å². The van der Waals surface area contributed by atoms with Crippen molar-refractivity contribution in [3.8, 4) is 0 Å². The third kappa shape index (κ3) is 2.36. The van der Waals surface area contributed by atoms with E-state index in [0.717, 1.165) is 0 Å². The molecule has 0 aliphatic carbocycles. The Labute approximate surface area is 103 Å². The monoisotopic (exact) mass is 258 g/mol. The van der Waals surface area contributed by atoms with E-state index >= 15 is 0 Å². The first kappa shape index (κ1) is 13.4. The largest absolute Gasteiger partial charge is 0.298 e. The molecule has 0 amide bonds. The zero-order valence-electron chi connectivity index (χ0n) is 9.56. The summed E-state index contributed by atoms with van der Waals surface area (Å²) in [5.41, 5.74) is 0.141. The number of hydrogen-bond donors (Lipinski definition) is 0. The summed E-state index contributed by atoms with van der Waals surface area (Å²) in [5.74, 6) is -0.131.